The van der Waals surface area contributed by atoms with E-state index in [9.17, 15) is 8.42 Å². The van der Waals surface area contributed by atoms with E-state index in [0.717, 1.165) is 17.3 Å². The third-order valence-corrected chi connectivity index (χ3v) is 5.32. The topological polar surface area (TPSA) is 72.4 Å². The first-order chi connectivity index (χ1) is 10.6. The molecule has 0 N–H and O–H groups in total. The molecule has 2 aromatic rings. The van der Waals surface area contributed by atoms with Crippen LogP contribution in [0.15, 0.2) is 41.9 Å². The van der Waals surface area contributed by atoms with Gasteiger partial charge in [-0.3, -0.25) is 0 Å². The highest BCUT2D eigenvalue weighted by atomic mass is 32.2. The molecule has 22 heavy (non-hydrogen) atoms. The van der Waals surface area contributed by atoms with Crippen LogP contribution in [0.25, 0.3) is 6.08 Å². The highest BCUT2D eigenvalue weighted by Crippen LogP contribution is 2.20. The molecule has 0 spiro atoms. The number of hydrogen-bond acceptors (Lipinski definition) is 6. The number of nitrogens with zero attached hydrogens (tertiary/aromatic N) is 3. The van der Waals surface area contributed by atoms with Crippen molar-refractivity contribution in [2.45, 2.75) is 12.5 Å². The van der Waals surface area contributed by atoms with Gasteiger partial charge in [-0.15, -0.1) is 4.37 Å². The van der Waals surface area contributed by atoms with Gasteiger partial charge in [0, 0.05) is 12.0 Å². The maximum atomic E-state index is 12.3. The smallest absolute Gasteiger partial charge is 0.246 e. The van der Waals surface area contributed by atoms with Crippen molar-refractivity contribution in [2.24, 2.45) is 0 Å². The molecule has 1 aromatic heterocycles. The minimum Gasteiger partial charge on any atom is -0.471 e. The van der Waals surface area contributed by atoms with E-state index in [-0.39, 0.29) is 6.10 Å². The molecule has 6 nitrogen and oxygen atoms in total. The zero-order chi connectivity index (χ0) is 15.4. The summed E-state index contributed by atoms with van der Waals surface area (Å²) in [5.41, 5.74) is 0.853. The predicted molar refractivity (Wildman–Crippen MR) is 84.9 cm³/mol. The van der Waals surface area contributed by atoms with Crippen LogP contribution in [0.3, 0.4) is 0 Å². The van der Waals surface area contributed by atoms with E-state index in [1.807, 2.05) is 30.3 Å². The molecule has 1 saturated heterocycles. The summed E-state index contributed by atoms with van der Waals surface area (Å²) in [7, 11) is -3.43. The van der Waals surface area contributed by atoms with Crippen molar-refractivity contribution in [3.8, 4) is 5.88 Å². The summed E-state index contributed by atoms with van der Waals surface area (Å²) in [6.45, 7) is 0.780. The first-order valence-corrected chi connectivity index (χ1v) is 9.04. The minimum atomic E-state index is -3.43. The first-order valence-electron chi connectivity index (χ1n) is 6.81. The second-order valence-corrected chi connectivity index (χ2v) is 7.27. The van der Waals surface area contributed by atoms with Crippen LogP contribution in [0.4, 0.5) is 0 Å². The van der Waals surface area contributed by atoms with Crippen LogP contribution in [-0.2, 0) is 10.0 Å². The second-order valence-electron chi connectivity index (χ2n) is 4.89. The summed E-state index contributed by atoms with van der Waals surface area (Å²) in [6.07, 6.45) is 3.62. The van der Waals surface area contributed by atoms with Gasteiger partial charge in [0.25, 0.3) is 0 Å². The van der Waals surface area contributed by atoms with Gasteiger partial charge in [-0.1, -0.05) is 30.3 Å². The standard InChI is InChI=1S/C14H15N3O3S2/c18-22(19,9-7-12-4-2-1-3-5-12)17-8-6-13(11-17)20-14-10-15-21-16-14/h1-5,7,9-10,13H,6,8,11H2. The fourth-order valence-electron chi connectivity index (χ4n) is 2.22. The molecule has 1 atom stereocenters. The lowest BCUT2D eigenvalue weighted by atomic mass is 10.2. The molecule has 2 heterocycles. The van der Waals surface area contributed by atoms with Crippen LogP contribution >= 0.6 is 11.7 Å². The molecule has 1 fully saturated rings. The molecule has 3 rings (SSSR count). The summed E-state index contributed by atoms with van der Waals surface area (Å²) in [6, 6.07) is 9.34. The molecule has 0 bridgehead atoms. The van der Waals surface area contributed by atoms with Crippen LogP contribution in [0.1, 0.15) is 12.0 Å². The number of ether oxygens (including phenoxy) is 1. The van der Waals surface area contributed by atoms with Gasteiger partial charge in [0.1, 0.15) is 12.3 Å². The second kappa shape index (κ2) is 6.55. The molecule has 0 amide bonds. The average molecular weight is 337 g/mol. The summed E-state index contributed by atoms with van der Waals surface area (Å²) in [5, 5.41) is 1.25. The first kappa shape index (κ1) is 15.1. The monoisotopic (exact) mass is 337 g/mol. The van der Waals surface area contributed by atoms with Crippen molar-refractivity contribution in [1.82, 2.24) is 13.1 Å². The Balaban J connectivity index is 1.62. The largest absolute Gasteiger partial charge is 0.471 e. The molecule has 1 unspecified atom stereocenters. The number of rotatable bonds is 5. The third-order valence-electron chi connectivity index (χ3n) is 3.33. The maximum absolute atomic E-state index is 12.3. The lowest BCUT2D eigenvalue weighted by Gasteiger charge is -2.14. The van der Waals surface area contributed by atoms with Crippen LogP contribution in [-0.4, -0.2) is 40.7 Å². The van der Waals surface area contributed by atoms with Crippen molar-refractivity contribution >= 4 is 27.8 Å². The van der Waals surface area contributed by atoms with E-state index in [1.165, 1.54) is 15.9 Å². The van der Waals surface area contributed by atoms with Gasteiger partial charge in [0.2, 0.25) is 15.9 Å². The summed E-state index contributed by atoms with van der Waals surface area (Å²) in [5.74, 6) is 0.453. The minimum absolute atomic E-state index is 0.177. The van der Waals surface area contributed by atoms with E-state index >= 15 is 0 Å². The molecule has 8 heteroatoms. The van der Waals surface area contributed by atoms with Crippen LogP contribution in [0, 0.1) is 0 Å². The van der Waals surface area contributed by atoms with Crippen LogP contribution in [0.2, 0.25) is 0 Å². The fraction of sp³-hybridized carbons (Fsp3) is 0.286. The molecule has 1 aromatic carbocycles. The van der Waals surface area contributed by atoms with Gasteiger partial charge in [0.15, 0.2) is 0 Å². The summed E-state index contributed by atoms with van der Waals surface area (Å²) < 4.78 is 39.5. The number of hydrogen-bond donors (Lipinski definition) is 0. The summed E-state index contributed by atoms with van der Waals surface area (Å²) in [4.78, 5) is 0. The third kappa shape index (κ3) is 3.70. The van der Waals surface area contributed by atoms with Crippen LogP contribution in [0.5, 0.6) is 5.88 Å². The van der Waals surface area contributed by atoms with Crippen molar-refractivity contribution in [3.63, 3.8) is 0 Å². The normalized spacial score (nSPS) is 19.7. The van der Waals surface area contributed by atoms with E-state index in [0.29, 0.717) is 25.4 Å². The van der Waals surface area contributed by atoms with Gasteiger partial charge in [-0.25, -0.2) is 8.42 Å². The predicted octanol–water partition coefficient (Wildman–Crippen LogP) is 1.99. The SMILES string of the molecule is O=S(=O)(C=Cc1ccccc1)N1CCC(Oc2cnsn2)C1. The van der Waals surface area contributed by atoms with Gasteiger partial charge in [-0.05, 0) is 18.1 Å². The molecule has 0 aliphatic carbocycles. The van der Waals surface area contributed by atoms with E-state index in [2.05, 4.69) is 8.75 Å². The molecular weight excluding hydrogens is 322 g/mol. The van der Waals surface area contributed by atoms with E-state index in [4.69, 9.17) is 4.74 Å². The zero-order valence-corrected chi connectivity index (χ0v) is 13.3. The van der Waals surface area contributed by atoms with Crippen molar-refractivity contribution in [1.29, 1.82) is 0 Å². The molecule has 1 aliphatic rings. The Kier molecular flexibility index (Phi) is 4.51. The van der Waals surface area contributed by atoms with Gasteiger partial charge < -0.3 is 4.74 Å². The van der Waals surface area contributed by atoms with E-state index in [1.54, 1.807) is 6.08 Å². The number of aromatic nitrogens is 2. The highest BCUT2D eigenvalue weighted by molar-refractivity contribution is 7.92. The van der Waals surface area contributed by atoms with Crippen molar-refractivity contribution in [2.75, 3.05) is 13.1 Å². The Hall–Kier alpha value is -1.77. The van der Waals surface area contributed by atoms with Crippen LogP contribution < -0.4 is 4.74 Å². The van der Waals surface area contributed by atoms with Crippen molar-refractivity contribution < 1.29 is 13.2 Å². The molecular formula is C14H15N3O3S2. The quantitative estimate of drug-likeness (QED) is 0.834. The Morgan fingerprint density at radius 2 is 2.14 bits per heavy atom. The molecule has 1 aliphatic heterocycles. The highest BCUT2D eigenvalue weighted by Gasteiger charge is 2.31. The Labute approximate surface area is 133 Å². The molecule has 0 saturated carbocycles. The lowest BCUT2D eigenvalue weighted by molar-refractivity contribution is 0.209. The number of benzene rings is 1. The Morgan fingerprint density at radius 1 is 1.32 bits per heavy atom. The van der Waals surface area contributed by atoms with Crippen molar-refractivity contribution in [3.05, 3.63) is 47.5 Å². The summed E-state index contributed by atoms with van der Waals surface area (Å²) >= 11 is 1.07. The molecule has 116 valence electrons. The van der Waals surface area contributed by atoms with Gasteiger partial charge in [-0.2, -0.15) is 8.68 Å². The maximum Gasteiger partial charge on any atom is 0.246 e. The van der Waals surface area contributed by atoms with E-state index < -0.39 is 10.0 Å². The zero-order valence-electron chi connectivity index (χ0n) is 11.7. The lowest BCUT2D eigenvalue weighted by Crippen LogP contribution is -2.29. The average Bonchev–Trinajstić information content (AvgIpc) is 3.19. The Morgan fingerprint density at radius 3 is 2.86 bits per heavy atom. The van der Waals surface area contributed by atoms with Gasteiger partial charge >= 0.3 is 0 Å². The molecule has 0 radical (unpaired) electrons. The van der Waals surface area contributed by atoms with Gasteiger partial charge in [0.05, 0.1) is 18.3 Å². The fourth-order valence-corrected chi connectivity index (χ4v) is 3.81. The number of sulfonamides is 1. The Bertz CT molecular complexity index is 730.